The molecular weight excluding hydrogens is 430 g/mol. The van der Waals surface area contributed by atoms with E-state index in [1.807, 2.05) is 37.3 Å². The summed E-state index contributed by atoms with van der Waals surface area (Å²) < 4.78 is 17.1. The van der Waals surface area contributed by atoms with Crippen LogP contribution in [-0.2, 0) is 12.8 Å². The molecule has 0 aliphatic rings. The van der Waals surface area contributed by atoms with Gasteiger partial charge in [0.1, 0.15) is 17.2 Å². The van der Waals surface area contributed by atoms with Gasteiger partial charge in [-0.25, -0.2) is 4.79 Å². The van der Waals surface area contributed by atoms with Gasteiger partial charge in [0.05, 0.1) is 37.3 Å². The lowest BCUT2D eigenvalue weighted by molar-refractivity contribution is 0.0695. The summed E-state index contributed by atoms with van der Waals surface area (Å²) in [6, 6.07) is 17.0. The van der Waals surface area contributed by atoms with Crippen molar-refractivity contribution < 1.29 is 24.1 Å². The molecule has 0 fully saturated rings. The molecule has 1 aromatic heterocycles. The molecular formula is C28H33NO5. The summed E-state index contributed by atoms with van der Waals surface area (Å²) in [7, 11) is 1.61. The molecule has 1 heterocycles. The number of hydrogen-bond donors (Lipinski definition) is 1. The lowest BCUT2D eigenvalue weighted by Crippen LogP contribution is -2.08. The Kier molecular flexibility index (Phi) is 9.32. The molecule has 34 heavy (non-hydrogen) atoms. The monoisotopic (exact) mass is 463 g/mol. The number of pyridine rings is 1. The fourth-order valence-corrected chi connectivity index (χ4v) is 3.68. The Morgan fingerprint density at radius 3 is 2.32 bits per heavy atom. The van der Waals surface area contributed by atoms with Crippen molar-refractivity contribution in [1.29, 1.82) is 0 Å². The van der Waals surface area contributed by atoms with Crippen molar-refractivity contribution in [1.82, 2.24) is 4.98 Å². The van der Waals surface area contributed by atoms with Crippen molar-refractivity contribution in [2.24, 2.45) is 0 Å². The number of nitrogens with zero attached hydrogens (tertiary/aromatic N) is 1. The Balaban J connectivity index is 1.75. The smallest absolute Gasteiger partial charge is 0.337 e. The molecule has 0 atom stereocenters. The first-order chi connectivity index (χ1) is 16.5. The van der Waals surface area contributed by atoms with E-state index < -0.39 is 5.97 Å². The van der Waals surface area contributed by atoms with Gasteiger partial charge < -0.3 is 19.3 Å². The van der Waals surface area contributed by atoms with Gasteiger partial charge in [0, 0.05) is 5.56 Å². The number of rotatable bonds is 13. The third-order valence-electron chi connectivity index (χ3n) is 5.42. The zero-order valence-corrected chi connectivity index (χ0v) is 20.2. The van der Waals surface area contributed by atoms with Crippen LogP contribution in [0.4, 0.5) is 0 Å². The van der Waals surface area contributed by atoms with Gasteiger partial charge in [-0.1, -0.05) is 32.4 Å². The summed E-state index contributed by atoms with van der Waals surface area (Å²) in [6.07, 6.45) is 4.17. The SMILES string of the molecule is CCCOc1ccc(OC)cc1-c1ccc(C(=O)O)c(CCCOc2ccc(CCC)cc2)n1. The van der Waals surface area contributed by atoms with Crippen molar-refractivity contribution >= 4 is 5.97 Å². The fourth-order valence-electron chi connectivity index (χ4n) is 3.68. The average molecular weight is 464 g/mol. The Labute approximate surface area is 201 Å². The van der Waals surface area contributed by atoms with E-state index in [4.69, 9.17) is 19.2 Å². The van der Waals surface area contributed by atoms with Gasteiger partial charge in [-0.2, -0.15) is 0 Å². The zero-order valence-electron chi connectivity index (χ0n) is 20.2. The maximum Gasteiger partial charge on any atom is 0.337 e. The standard InChI is InChI=1S/C28H33NO5/c1-4-7-20-9-11-21(12-10-20)33-18-6-8-25-23(28(30)31)14-15-26(29-25)24-19-22(32-3)13-16-27(24)34-17-5-2/h9-16,19H,4-8,17-18H2,1-3H3,(H,30,31). The molecule has 0 saturated carbocycles. The van der Waals surface area contributed by atoms with E-state index >= 15 is 0 Å². The molecule has 0 radical (unpaired) electrons. The van der Waals surface area contributed by atoms with Crippen molar-refractivity contribution in [3.8, 4) is 28.5 Å². The van der Waals surface area contributed by atoms with Crippen molar-refractivity contribution in [2.45, 2.75) is 46.0 Å². The van der Waals surface area contributed by atoms with Gasteiger partial charge in [-0.15, -0.1) is 0 Å². The molecule has 180 valence electrons. The number of carboxylic acids is 1. The van der Waals surface area contributed by atoms with Gasteiger partial charge in [-0.3, -0.25) is 4.98 Å². The summed E-state index contributed by atoms with van der Waals surface area (Å²) in [5.41, 5.74) is 3.44. The van der Waals surface area contributed by atoms with Gasteiger partial charge in [0.25, 0.3) is 0 Å². The second kappa shape index (κ2) is 12.6. The quantitative estimate of drug-likeness (QED) is 0.304. The Hall–Kier alpha value is -3.54. The number of carbonyl (C=O) groups is 1. The highest BCUT2D eigenvalue weighted by molar-refractivity contribution is 5.89. The van der Waals surface area contributed by atoms with Crippen LogP contribution in [-0.4, -0.2) is 36.4 Å². The van der Waals surface area contributed by atoms with Crippen LogP contribution in [0.2, 0.25) is 0 Å². The Bertz CT molecular complexity index is 1080. The van der Waals surface area contributed by atoms with Gasteiger partial charge in [0.15, 0.2) is 0 Å². The molecule has 3 rings (SSSR count). The zero-order chi connectivity index (χ0) is 24.3. The first kappa shape index (κ1) is 25.1. The van der Waals surface area contributed by atoms with Crippen molar-refractivity contribution in [3.63, 3.8) is 0 Å². The van der Waals surface area contributed by atoms with E-state index in [-0.39, 0.29) is 5.56 Å². The molecule has 0 amide bonds. The first-order valence-electron chi connectivity index (χ1n) is 11.8. The second-order valence-corrected chi connectivity index (χ2v) is 8.05. The molecule has 6 heteroatoms. The maximum absolute atomic E-state index is 11.8. The topological polar surface area (TPSA) is 77.9 Å². The summed E-state index contributed by atoms with van der Waals surface area (Å²) in [6.45, 7) is 5.26. The number of methoxy groups -OCH3 is 1. The van der Waals surface area contributed by atoms with E-state index in [2.05, 4.69) is 19.1 Å². The Morgan fingerprint density at radius 1 is 0.882 bits per heavy atom. The molecule has 0 saturated heterocycles. The highest BCUT2D eigenvalue weighted by Gasteiger charge is 2.16. The first-order valence-corrected chi connectivity index (χ1v) is 11.8. The molecule has 6 nitrogen and oxygen atoms in total. The van der Waals surface area contributed by atoms with E-state index in [0.29, 0.717) is 48.9 Å². The lowest BCUT2D eigenvalue weighted by Gasteiger charge is -2.14. The maximum atomic E-state index is 11.8. The summed E-state index contributed by atoms with van der Waals surface area (Å²) >= 11 is 0. The minimum absolute atomic E-state index is 0.201. The van der Waals surface area contributed by atoms with E-state index in [1.165, 1.54) is 5.56 Å². The number of aryl methyl sites for hydroxylation is 2. The molecule has 3 aromatic rings. The van der Waals surface area contributed by atoms with Crippen LogP contribution in [0.25, 0.3) is 11.3 Å². The minimum atomic E-state index is -0.991. The summed E-state index contributed by atoms with van der Waals surface area (Å²) in [4.78, 5) is 16.5. The number of aromatic carboxylic acids is 1. The van der Waals surface area contributed by atoms with Gasteiger partial charge in [-0.05, 0) is 73.7 Å². The van der Waals surface area contributed by atoms with Gasteiger partial charge in [0.2, 0.25) is 0 Å². The van der Waals surface area contributed by atoms with E-state index in [1.54, 1.807) is 19.2 Å². The van der Waals surface area contributed by atoms with E-state index in [0.717, 1.165) is 30.6 Å². The predicted molar refractivity (Wildman–Crippen MR) is 133 cm³/mol. The fraction of sp³-hybridized carbons (Fsp3) is 0.357. The van der Waals surface area contributed by atoms with Crippen molar-refractivity contribution in [2.75, 3.05) is 20.3 Å². The number of aromatic nitrogens is 1. The van der Waals surface area contributed by atoms with E-state index in [9.17, 15) is 9.90 Å². The summed E-state index contributed by atoms with van der Waals surface area (Å²) in [5.74, 6) is 1.20. The predicted octanol–water partition coefficient (Wildman–Crippen LogP) is 6.21. The molecule has 0 bridgehead atoms. The molecule has 0 unspecified atom stereocenters. The molecule has 0 spiro atoms. The number of carboxylic acid groups (broad SMARTS) is 1. The molecule has 0 aliphatic carbocycles. The number of hydrogen-bond acceptors (Lipinski definition) is 5. The van der Waals surface area contributed by atoms with Crippen LogP contribution in [0.15, 0.2) is 54.6 Å². The van der Waals surface area contributed by atoms with Crippen molar-refractivity contribution in [3.05, 3.63) is 71.4 Å². The van der Waals surface area contributed by atoms with Crippen LogP contribution >= 0.6 is 0 Å². The summed E-state index contributed by atoms with van der Waals surface area (Å²) in [5, 5.41) is 9.67. The average Bonchev–Trinajstić information content (AvgIpc) is 2.86. The third-order valence-corrected chi connectivity index (χ3v) is 5.42. The highest BCUT2D eigenvalue weighted by atomic mass is 16.5. The molecule has 2 aromatic carbocycles. The van der Waals surface area contributed by atoms with Crippen LogP contribution in [0.1, 0.15) is 54.7 Å². The van der Waals surface area contributed by atoms with Crippen LogP contribution in [0.5, 0.6) is 17.2 Å². The number of ether oxygens (including phenoxy) is 3. The Morgan fingerprint density at radius 2 is 1.65 bits per heavy atom. The normalized spacial score (nSPS) is 10.7. The van der Waals surface area contributed by atoms with Crippen LogP contribution in [0.3, 0.4) is 0 Å². The van der Waals surface area contributed by atoms with Crippen LogP contribution < -0.4 is 14.2 Å². The van der Waals surface area contributed by atoms with Gasteiger partial charge >= 0.3 is 5.97 Å². The third kappa shape index (κ3) is 6.73. The molecule has 0 aliphatic heterocycles. The second-order valence-electron chi connectivity index (χ2n) is 8.05. The highest BCUT2D eigenvalue weighted by Crippen LogP contribution is 2.33. The lowest BCUT2D eigenvalue weighted by atomic mass is 10.0. The number of benzene rings is 2. The minimum Gasteiger partial charge on any atom is -0.497 e. The van der Waals surface area contributed by atoms with Crippen LogP contribution in [0, 0.1) is 0 Å². The largest absolute Gasteiger partial charge is 0.497 e. The molecule has 1 N–H and O–H groups in total.